The fourth-order valence-corrected chi connectivity index (χ4v) is 4.56. The molecule has 5 rings (SSSR count). The lowest BCUT2D eigenvalue weighted by Crippen LogP contribution is -2.33. The Bertz CT molecular complexity index is 1660. The van der Waals surface area contributed by atoms with Crippen molar-refractivity contribution in [3.8, 4) is 23.0 Å². The molecule has 2 aromatic carbocycles. The molecular weight excluding hydrogens is 541 g/mol. The van der Waals surface area contributed by atoms with Crippen LogP contribution in [-0.4, -0.2) is 42.7 Å². The topological polar surface area (TPSA) is 94.1 Å². The third-order valence-electron chi connectivity index (χ3n) is 6.63. The molecule has 0 N–H and O–H groups in total. The van der Waals surface area contributed by atoms with E-state index in [1.807, 2.05) is 13.8 Å². The molecule has 1 aliphatic heterocycles. The molecule has 3 heterocycles. The molecule has 2 aromatic heterocycles. The Balaban J connectivity index is 1.48. The molecule has 0 saturated carbocycles. The zero-order valence-electron chi connectivity index (χ0n) is 22.5. The average Bonchev–Trinajstić information content (AvgIpc) is 3.25. The minimum Gasteiger partial charge on any atom is -0.493 e. The number of hydrogen-bond donors (Lipinski definition) is 0. The van der Waals surface area contributed by atoms with E-state index in [4.69, 9.17) is 14.2 Å². The molecule has 212 valence electrons. The minimum absolute atomic E-state index is 0.0794. The van der Waals surface area contributed by atoms with Gasteiger partial charge in [-0.1, -0.05) is 13.8 Å². The Morgan fingerprint density at radius 2 is 1.61 bits per heavy atom. The van der Waals surface area contributed by atoms with Crippen LogP contribution in [0.3, 0.4) is 0 Å². The summed E-state index contributed by atoms with van der Waals surface area (Å²) in [4.78, 5) is 36.1. The van der Waals surface area contributed by atoms with Gasteiger partial charge in [0.15, 0.2) is 11.5 Å². The molecule has 3 amide bonds. The molecule has 12 heteroatoms. The number of carbonyl (C=O) groups excluding carboxylic acids is 2. The second-order valence-electron chi connectivity index (χ2n) is 9.54. The number of aromatic nitrogens is 2. The SMILES string of the molecule is COc1cc2nccc(Oc3ccc(N4C(=O)CN(c5cncc(C(F)(F)F)c5)C4=O)cc3C(C)C)c2cc1OC. The Labute approximate surface area is 233 Å². The van der Waals surface area contributed by atoms with E-state index >= 15 is 0 Å². The number of fused-ring (bicyclic) bond motifs is 1. The fraction of sp³-hybridized carbons (Fsp3) is 0.241. The first kappa shape index (κ1) is 27.7. The molecule has 9 nitrogen and oxygen atoms in total. The number of benzene rings is 2. The number of imide groups is 1. The van der Waals surface area contributed by atoms with Gasteiger partial charge in [-0.25, -0.2) is 9.69 Å². The van der Waals surface area contributed by atoms with E-state index in [1.165, 1.54) is 14.2 Å². The maximum absolute atomic E-state index is 13.3. The second kappa shape index (κ2) is 10.6. The van der Waals surface area contributed by atoms with Crippen LogP contribution in [0.25, 0.3) is 10.9 Å². The van der Waals surface area contributed by atoms with E-state index in [0.717, 1.165) is 22.1 Å². The first-order chi connectivity index (χ1) is 19.5. The number of carbonyl (C=O) groups is 2. The number of urea groups is 1. The number of alkyl halides is 3. The van der Waals surface area contributed by atoms with Gasteiger partial charge in [-0.15, -0.1) is 0 Å². The predicted molar refractivity (Wildman–Crippen MR) is 145 cm³/mol. The van der Waals surface area contributed by atoms with Gasteiger partial charge in [-0.3, -0.25) is 19.7 Å². The van der Waals surface area contributed by atoms with Crippen molar-refractivity contribution in [2.24, 2.45) is 0 Å². The maximum Gasteiger partial charge on any atom is 0.417 e. The maximum atomic E-state index is 13.3. The highest BCUT2D eigenvalue weighted by atomic mass is 19.4. The lowest BCUT2D eigenvalue weighted by atomic mass is 10.0. The van der Waals surface area contributed by atoms with E-state index in [9.17, 15) is 22.8 Å². The number of ether oxygens (including phenoxy) is 3. The fourth-order valence-electron chi connectivity index (χ4n) is 4.56. The van der Waals surface area contributed by atoms with E-state index in [2.05, 4.69) is 9.97 Å². The van der Waals surface area contributed by atoms with Gasteiger partial charge in [0.2, 0.25) is 0 Å². The van der Waals surface area contributed by atoms with Crippen LogP contribution >= 0.6 is 0 Å². The second-order valence-corrected chi connectivity index (χ2v) is 9.54. The number of amides is 3. The zero-order valence-corrected chi connectivity index (χ0v) is 22.5. The third-order valence-corrected chi connectivity index (χ3v) is 6.63. The van der Waals surface area contributed by atoms with Crippen molar-refractivity contribution in [1.82, 2.24) is 9.97 Å². The van der Waals surface area contributed by atoms with Gasteiger partial charge in [0, 0.05) is 23.8 Å². The van der Waals surface area contributed by atoms with Crippen LogP contribution in [0.15, 0.2) is 61.1 Å². The Hall–Kier alpha value is -4.87. The summed E-state index contributed by atoms with van der Waals surface area (Å²) in [7, 11) is 3.06. The normalized spacial score (nSPS) is 13.9. The van der Waals surface area contributed by atoms with Gasteiger partial charge in [-0.2, -0.15) is 13.2 Å². The van der Waals surface area contributed by atoms with Crippen molar-refractivity contribution < 1.29 is 37.0 Å². The van der Waals surface area contributed by atoms with Crippen molar-refractivity contribution in [3.05, 3.63) is 72.2 Å². The van der Waals surface area contributed by atoms with Crippen LogP contribution in [0.4, 0.5) is 29.3 Å². The van der Waals surface area contributed by atoms with Crippen molar-refractivity contribution in [1.29, 1.82) is 0 Å². The number of nitrogens with zero attached hydrogens (tertiary/aromatic N) is 4. The van der Waals surface area contributed by atoms with Gasteiger partial charge in [0.1, 0.15) is 18.0 Å². The lowest BCUT2D eigenvalue weighted by Gasteiger charge is -2.21. The molecule has 41 heavy (non-hydrogen) atoms. The summed E-state index contributed by atoms with van der Waals surface area (Å²) in [5.41, 5.74) is 0.454. The standard InChI is InChI=1S/C29H25F3N4O5/c1-16(2)20-10-18(36-27(37)15-35(28(36)38)19-9-17(13-33-14-19)29(30,31)32)5-6-23(20)41-24-7-8-34-22-12-26(40-4)25(39-3)11-21(22)24/h5-14,16H,15H2,1-4H3. The van der Waals surface area contributed by atoms with Crippen LogP contribution < -0.4 is 24.0 Å². The predicted octanol–water partition coefficient (Wildman–Crippen LogP) is 6.55. The average molecular weight is 567 g/mol. The Morgan fingerprint density at radius 1 is 0.878 bits per heavy atom. The molecule has 1 fully saturated rings. The van der Waals surface area contributed by atoms with Gasteiger partial charge < -0.3 is 14.2 Å². The van der Waals surface area contributed by atoms with E-state index < -0.39 is 30.2 Å². The molecule has 1 aliphatic rings. The summed E-state index contributed by atoms with van der Waals surface area (Å²) in [6.07, 6.45) is -1.26. The summed E-state index contributed by atoms with van der Waals surface area (Å²) >= 11 is 0. The molecular formula is C29H25F3N4O5. The number of rotatable bonds is 7. The van der Waals surface area contributed by atoms with E-state index in [-0.39, 0.29) is 17.3 Å². The number of anilines is 2. The largest absolute Gasteiger partial charge is 0.493 e. The van der Waals surface area contributed by atoms with E-state index in [1.54, 1.807) is 42.6 Å². The van der Waals surface area contributed by atoms with Crippen LogP contribution in [-0.2, 0) is 11.0 Å². The van der Waals surface area contributed by atoms with Gasteiger partial charge in [0.25, 0.3) is 5.91 Å². The Kier molecular flexibility index (Phi) is 7.16. The number of hydrogen-bond acceptors (Lipinski definition) is 7. The molecule has 1 saturated heterocycles. The molecule has 4 aromatic rings. The summed E-state index contributed by atoms with van der Waals surface area (Å²) < 4.78 is 56.7. The van der Waals surface area contributed by atoms with Crippen LogP contribution in [0.5, 0.6) is 23.0 Å². The molecule has 0 radical (unpaired) electrons. The first-order valence-corrected chi connectivity index (χ1v) is 12.5. The Morgan fingerprint density at radius 3 is 2.29 bits per heavy atom. The van der Waals surface area contributed by atoms with Crippen LogP contribution in [0.1, 0.15) is 30.9 Å². The van der Waals surface area contributed by atoms with E-state index in [0.29, 0.717) is 45.7 Å². The molecule has 0 bridgehead atoms. The van der Waals surface area contributed by atoms with Crippen LogP contribution in [0, 0.1) is 0 Å². The summed E-state index contributed by atoms with van der Waals surface area (Å²) in [6, 6.07) is 10.1. The first-order valence-electron chi connectivity index (χ1n) is 12.5. The van der Waals surface area contributed by atoms with Gasteiger partial charge in [-0.05, 0) is 47.9 Å². The third kappa shape index (κ3) is 5.20. The minimum atomic E-state index is -4.64. The smallest absolute Gasteiger partial charge is 0.417 e. The molecule has 0 spiro atoms. The number of halogens is 3. The summed E-state index contributed by atoms with van der Waals surface area (Å²) in [5, 5.41) is 0.680. The molecule has 0 aliphatic carbocycles. The zero-order chi connectivity index (χ0) is 29.5. The molecule has 0 unspecified atom stereocenters. The van der Waals surface area contributed by atoms with Crippen molar-refractivity contribution in [2.45, 2.75) is 25.9 Å². The van der Waals surface area contributed by atoms with Crippen molar-refractivity contribution in [3.63, 3.8) is 0 Å². The monoisotopic (exact) mass is 566 g/mol. The highest BCUT2D eigenvalue weighted by Gasteiger charge is 2.40. The highest BCUT2D eigenvalue weighted by molar-refractivity contribution is 6.27. The van der Waals surface area contributed by atoms with Crippen LogP contribution in [0.2, 0.25) is 0 Å². The highest BCUT2D eigenvalue weighted by Crippen LogP contribution is 2.40. The lowest BCUT2D eigenvalue weighted by molar-refractivity contribution is -0.137. The van der Waals surface area contributed by atoms with Crippen molar-refractivity contribution in [2.75, 3.05) is 30.6 Å². The van der Waals surface area contributed by atoms with Crippen molar-refractivity contribution >= 4 is 34.2 Å². The number of methoxy groups -OCH3 is 2. The summed E-state index contributed by atoms with van der Waals surface area (Å²) in [6.45, 7) is 3.43. The summed E-state index contributed by atoms with van der Waals surface area (Å²) in [5.74, 6) is 1.35. The number of pyridine rings is 2. The molecule has 0 atom stereocenters. The quantitative estimate of drug-likeness (QED) is 0.234. The van der Waals surface area contributed by atoms with Gasteiger partial charge >= 0.3 is 12.2 Å². The van der Waals surface area contributed by atoms with Gasteiger partial charge in [0.05, 0.1) is 42.9 Å².